The van der Waals surface area contributed by atoms with E-state index in [1.807, 2.05) is 0 Å². The summed E-state index contributed by atoms with van der Waals surface area (Å²) >= 11 is 0. The second-order valence-electron chi connectivity index (χ2n) is 5.88. The Hall–Kier alpha value is -2.73. The van der Waals surface area contributed by atoms with Gasteiger partial charge in [-0.05, 0) is 32.2 Å². The summed E-state index contributed by atoms with van der Waals surface area (Å²) in [6.45, 7) is 0.353. The van der Waals surface area contributed by atoms with E-state index in [9.17, 15) is 24.0 Å². The van der Waals surface area contributed by atoms with Gasteiger partial charge in [-0.2, -0.15) is 0 Å². The quantitative estimate of drug-likeness (QED) is 0.159. The van der Waals surface area contributed by atoms with Crippen LogP contribution in [-0.4, -0.2) is 69.7 Å². The molecule has 0 rings (SSSR count). The number of carbonyl (C=O) groups excluding carboxylic acids is 2. The van der Waals surface area contributed by atoms with E-state index in [1.165, 1.54) is 0 Å². The van der Waals surface area contributed by atoms with Gasteiger partial charge in [0.15, 0.2) is 0 Å². The summed E-state index contributed by atoms with van der Waals surface area (Å²) in [5, 5.41) is 30.9. The van der Waals surface area contributed by atoms with E-state index in [4.69, 9.17) is 26.8 Å². The Morgan fingerprint density at radius 1 is 0.815 bits per heavy atom. The van der Waals surface area contributed by atoms with Crippen LogP contribution >= 0.6 is 0 Å². The first-order valence-electron chi connectivity index (χ1n) is 8.31. The number of hydrogen-bond acceptors (Lipinski definition) is 7. The molecule has 0 saturated carbocycles. The van der Waals surface area contributed by atoms with Crippen LogP contribution < -0.4 is 22.1 Å². The van der Waals surface area contributed by atoms with Gasteiger partial charge in [0.1, 0.15) is 12.1 Å². The number of unbranched alkanes of at least 4 members (excludes halogenated alkanes) is 1. The molecule has 2 amide bonds. The van der Waals surface area contributed by atoms with Crippen molar-refractivity contribution in [2.45, 2.75) is 56.7 Å². The number of carboxylic acids is 3. The molecule has 0 aliphatic heterocycles. The monoisotopic (exact) mass is 390 g/mol. The Morgan fingerprint density at radius 3 is 1.89 bits per heavy atom. The molecule has 9 N–H and O–H groups in total. The molecule has 154 valence electrons. The molecule has 0 bridgehead atoms. The van der Waals surface area contributed by atoms with E-state index in [1.54, 1.807) is 0 Å². The van der Waals surface area contributed by atoms with Crippen molar-refractivity contribution < 1.29 is 39.3 Å². The van der Waals surface area contributed by atoms with Crippen LogP contribution in [0.25, 0.3) is 0 Å². The van der Waals surface area contributed by atoms with Crippen molar-refractivity contribution in [1.82, 2.24) is 10.6 Å². The van der Waals surface area contributed by atoms with Crippen molar-refractivity contribution in [3.05, 3.63) is 0 Å². The number of carbonyl (C=O) groups is 5. The average Bonchev–Trinajstić information content (AvgIpc) is 2.57. The van der Waals surface area contributed by atoms with E-state index in [2.05, 4.69) is 10.6 Å². The number of aliphatic carboxylic acids is 3. The van der Waals surface area contributed by atoms with E-state index in [0.717, 1.165) is 0 Å². The molecule has 0 aromatic heterocycles. The molecule has 0 aliphatic carbocycles. The topological polar surface area (TPSA) is 222 Å². The minimum Gasteiger partial charge on any atom is -0.481 e. The maximum absolute atomic E-state index is 12.2. The molecule has 0 aliphatic rings. The molecule has 0 fully saturated rings. The first-order valence-corrected chi connectivity index (χ1v) is 8.31. The zero-order valence-corrected chi connectivity index (χ0v) is 14.7. The van der Waals surface area contributed by atoms with Gasteiger partial charge < -0.3 is 37.4 Å². The molecule has 0 saturated heterocycles. The van der Waals surface area contributed by atoms with Gasteiger partial charge in [-0.25, -0.2) is 4.79 Å². The van der Waals surface area contributed by atoms with E-state index in [-0.39, 0.29) is 19.3 Å². The van der Waals surface area contributed by atoms with Crippen molar-refractivity contribution in [3.8, 4) is 0 Å². The fourth-order valence-corrected chi connectivity index (χ4v) is 2.10. The van der Waals surface area contributed by atoms with Gasteiger partial charge in [0.2, 0.25) is 11.8 Å². The zero-order chi connectivity index (χ0) is 21.0. The molecule has 0 spiro atoms. The lowest BCUT2D eigenvalue weighted by molar-refractivity contribution is -0.143. The maximum atomic E-state index is 12.2. The third-order valence-corrected chi connectivity index (χ3v) is 3.58. The number of nitrogens with two attached hydrogens (primary N) is 2. The van der Waals surface area contributed by atoms with Crippen molar-refractivity contribution in [2.75, 3.05) is 6.54 Å². The highest BCUT2D eigenvalue weighted by Gasteiger charge is 2.29. The highest BCUT2D eigenvalue weighted by atomic mass is 16.4. The Kier molecular flexibility index (Phi) is 11.3. The van der Waals surface area contributed by atoms with Crippen LogP contribution in [0.15, 0.2) is 0 Å². The first-order chi connectivity index (χ1) is 12.6. The SMILES string of the molecule is NCCCC[C@H](NC(=O)[C@H](CC(=O)O)NC(=O)[C@@H](N)CCC(=O)O)C(=O)O. The van der Waals surface area contributed by atoms with Crippen LogP contribution in [0.2, 0.25) is 0 Å². The standard InChI is InChI=1S/C15H26N4O8/c16-6-2-1-3-9(15(26)27)18-14(25)10(7-12(22)23)19-13(24)8(17)4-5-11(20)21/h8-10H,1-7,16-17H2,(H,18,25)(H,19,24)(H,20,21)(H,22,23)(H,26,27)/t8-,9-,10-/m0/s1. The molecule has 0 heterocycles. The van der Waals surface area contributed by atoms with Gasteiger partial charge >= 0.3 is 17.9 Å². The summed E-state index contributed by atoms with van der Waals surface area (Å²) in [5.41, 5.74) is 10.8. The van der Waals surface area contributed by atoms with Crippen molar-refractivity contribution in [1.29, 1.82) is 0 Å². The Labute approximate surface area is 155 Å². The van der Waals surface area contributed by atoms with Crippen molar-refractivity contribution in [3.63, 3.8) is 0 Å². The Bertz CT molecular complexity index is 554. The summed E-state index contributed by atoms with van der Waals surface area (Å²) in [6, 6.07) is -4.08. The van der Waals surface area contributed by atoms with Gasteiger partial charge in [0.25, 0.3) is 0 Å². The van der Waals surface area contributed by atoms with Gasteiger partial charge in [-0.15, -0.1) is 0 Å². The lowest BCUT2D eigenvalue weighted by atomic mass is 10.1. The Morgan fingerprint density at radius 2 is 1.41 bits per heavy atom. The zero-order valence-electron chi connectivity index (χ0n) is 14.7. The van der Waals surface area contributed by atoms with Crippen LogP contribution in [0.3, 0.4) is 0 Å². The van der Waals surface area contributed by atoms with Crippen LogP contribution in [0.4, 0.5) is 0 Å². The third kappa shape index (κ3) is 10.8. The van der Waals surface area contributed by atoms with Crippen LogP contribution in [0.1, 0.15) is 38.5 Å². The van der Waals surface area contributed by atoms with Crippen LogP contribution in [0.5, 0.6) is 0 Å². The maximum Gasteiger partial charge on any atom is 0.326 e. The molecular formula is C15H26N4O8. The van der Waals surface area contributed by atoms with Gasteiger partial charge in [0.05, 0.1) is 12.5 Å². The summed E-state index contributed by atoms with van der Waals surface area (Å²) in [4.78, 5) is 56.9. The van der Waals surface area contributed by atoms with Gasteiger partial charge in [-0.1, -0.05) is 0 Å². The number of rotatable bonds is 14. The molecule has 12 nitrogen and oxygen atoms in total. The second-order valence-corrected chi connectivity index (χ2v) is 5.88. The highest BCUT2D eigenvalue weighted by Crippen LogP contribution is 2.04. The van der Waals surface area contributed by atoms with Crippen LogP contribution in [-0.2, 0) is 24.0 Å². The number of nitrogens with one attached hydrogen (secondary N) is 2. The summed E-state index contributed by atoms with van der Waals surface area (Å²) < 4.78 is 0. The molecule has 0 aromatic rings. The normalized spacial score (nSPS) is 13.9. The summed E-state index contributed by atoms with van der Waals surface area (Å²) in [7, 11) is 0. The van der Waals surface area contributed by atoms with E-state index in [0.29, 0.717) is 19.4 Å². The largest absolute Gasteiger partial charge is 0.481 e. The third-order valence-electron chi connectivity index (χ3n) is 3.58. The smallest absolute Gasteiger partial charge is 0.326 e. The predicted molar refractivity (Wildman–Crippen MR) is 91.5 cm³/mol. The van der Waals surface area contributed by atoms with Crippen molar-refractivity contribution in [2.24, 2.45) is 11.5 Å². The highest BCUT2D eigenvalue weighted by molar-refractivity contribution is 5.94. The molecule has 0 aromatic carbocycles. The lowest BCUT2D eigenvalue weighted by Crippen LogP contribution is -2.55. The van der Waals surface area contributed by atoms with Crippen molar-refractivity contribution >= 4 is 29.7 Å². The predicted octanol–water partition coefficient (Wildman–Crippen LogP) is -2.16. The number of amides is 2. The molecule has 12 heteroatoms. The second kappa shape index (κ2) is 12.6. The number of carboxylic acid groups (broad SMARTS) is 3. The fraction of sp³-hybridized carbons (Fsp3) is 0.667. The summed E-state index contributed by atoms with van der Waals surface area (Å²) in [6.07, 6.45) is -0.314. The van der Waals surface area contributed by atoms with Crippen LogP contribution in [0, 0.1) is 0 Å². The summed E-state index contributed by atoms with van der Waals surface area (Å²) in [5.74, 6) is -5.77. The van der Waals surface area contributed by atoms with E-state index < -0.39 is 54.3 Å². The first kappa shape index (κ1) is 24.3. The van der Waals surface area contributed by atoms with Gasteiger partial charge in [-0.3, -0.25) is 19.2 Å². The molecule has 0 unspecified atom stereocenters. The molecule has 3 atom stereocenters. The minimum absolute atomic E-state index is 0.0874. The molecule has 27 heavy (non-hydrogen) atoms. The van der Waals surface area contributed by atoms with Gasteiger partial charge in [0, 0.05) is 6.42 Å². The average molecular weight is 390 g/mol. The minimum atomic E-state index is -1.55. The van der Waals surface area contributed by atoms with E-state index >= 15 is 0 Å². The lowest BCUT2D eigenvalue weighted by Gasteiger charge is -2.21. The molecule has 0 radical (unpaired) electrons. The fourth-order valence-electron chi connectivity index (χ4n) is 2.10. The molecular weight excluding hydrogens is 364 g/mol. The number of hydrogen-bond donors (Lipinski definition) is 7. The Balaban J connectivity index is 4.96.